The SMILES string of the molecule is Cc1cc2cccnc2c2[n-]nnc12.[Ir]. The third-order valence-corrected chi connectivity index (χ3v) is 2.32. The minimum atomic E-state index is 0. The molecule has 0 N–H and O–H groups in total. The van der Waals surface area contributed by atoms with Gasteiger partial charge in [0.05, 0.1) is 5.52 Å². The summed E-state index contributed by atoms with van der Waals surface area (Å²) in [7, 11) is 0. The molecule has 0 spiro atoms. The Kier molecular flexibility index (Phi) is 2.50. The molecule has 0 unspecified atom stereocenters. The normalized spacial score (nSPS) is 10.5. The zero-order valence-corrected chi connectivity index (χ0v) is 10.3. The molecule has 0 aliphatic rings. The summed E-state index contributed by atoms with van der Waals surface area (Å²) >= 11 is 0. The van der Waals surface area contributed by atoms with Gasteiger partial charge < -0.3 is 10.2 Å². The van der Waals surface area contributed by atoms with Crippen molar-refractivity contribution in [2.75, 3.05) is 0 Å². The fraction of sp³-hybridized carbons (Fsp3) is 0.100. The molecular formula is C10H7IrN4-. The molecule has 4 nitrogen and oxygen atoms in total. The van der Waals surface area contributed by atoms with Crippen LogP contribution in [0.2, 0.25) is 0 Å². The van der Waals surface area contributed by atoms with Crippen LogP contribution in [-0.2, 0) is 20.1 Å². The van der Waals surface area contributed by atoms with Crippen molar-refractivity contribution in [3.63, 3.8) is 0 Å². The quantitative estimate of drug-likeness (QED) is 0.597. The van der Waals surface area contributed by atoms with E-state index in [1.807, 2.05) is 19.1 Å². The van der Waals surface area contributed by atoms with Gasteiger partial charge in [0.25, 0.3) is 0 Å². The van der Waals surface area contributed by atoms with Gasteiger partial charge in [-0.15, -0.1) is 0 Å². The Morgan fingerprint density at radius 3 is 3.00 bits per heavy atom. The molecule has 15 heavy (non-hydrogen) atoms. The van der Waals surface area contributed by atoms with Gasteiger partial charge in [0.2, 0.25) is 0 Å². The number of nitrogens with zero attached hydrogens (tertiary/aromatic N) is 4. The summed E-state index contributed by atoms with van der Waals surface area (Å²) in [5, 5.41) is 12.7. The Labute approximate surface area is 99.4 Å². The van der Waals surface area contributed by atoms with Gasteiger partial charge in [0, 0.05) is 37.2 Å². The molecule has 0 fully saturated rings. The molecular weight excluding hydrogens is 368 g/mol. The van der Waals surface area contributed by atoms with Crippen molar-refractivity contribution in [1.82, 2.24) is 20.4 Å². The first-order chi connectivity index (χ1) is 6.86. The molecule has 0 bridgehead atoms. The molecule has 1 radical (unpaired) electrons. The van der Waals surface area contributed by atoms with Gasteiger partial charge in [-0.3, -0.25) is 10.2 Å². The third-order valence-electron chi connectivity index (χ3n) is 2.32. The number of hydrogen-bond donors (Lipinski definition) is 0. The number of aryl methyl sites for hydroxylation is 1. The number of benzene rings is 1. The van der Waals surface area contributed by atoms with E-state index in [4.69, 9.17) is 0 Å². The van der Waals surface area contributed by atoms with Crippen LogP contribution in [0.3, 0.4) is 0 Å². The predicted molar refractivity (Wildman–Crippen MR) is 52.9 cm³/mol. The first-order valence-electron chi connectivity index (χ1n) is 4.36. The molecule has 2 heterocycles. The molecule has 5 heteroatoms. The minimum Gasteiger partial charge on any atom is -0.350 e. The van der Waals surface area contributed by atoms with Crippen LogP contribution in [0.25, 0.3) is 21.9 Å². The number of aromatic nitrogens is 4. The van der Waals surface area contributed by atoms with Crippen LogP contribution in [0.15, 0.2) is 24.4 Å². The Balaban J connectivity index is 0.000000853. The monoisotopic (exact) mass is 376 g/mol. The molecule has 0 aliphatic carbocycles. The van der Waals surface area contributed by atoms with Crippen molar-refractivity contribution in [3.8, 4) is 0 Å². The zero-order valence-electron chi connectivity index (χ0n) is 7.93. The number of fused-ring (bicyclic) bond motifs is 3. The Bertz CT molecular complexity index is 617. The van der Waals surface area contributed by atoms with Crippen molar-refractivity contribution >= 4 is 21.9 Å². The van der Waals surface area contributed by atoms with Crippen LogP contribution in [0.4, 0.5) is 0 Å². The van der Waals surface area contributed by atoms with Gasteiger partial charge in [-0.1, -0.05) is 6.07 Å². The van der Waals surface area contributed by atoms with E-state index in [0.717, 1.165) is 27.5 Å². The average Bonchev–Trinajstić information content (AvgIpc) is 2.67. The summed E-state index contributed by atoms with van der Waals surface area (Å²) in [5.41, 5.74) is 3.60. The number of pyridine rings is 1. The molecule has 0 amide bonds. The van der Waals surface area contributed by atoms with E-state index in [9.17, 15) is 0 Å². The molecule has 3 rings (SSSR count). The molecule has 2 aromatic heterocycles. The van der Waals surface area contributed by atoms with Gasteiger partial charge in [-0.2, -0.15) is 0 Å². The van der Waals surface area contributed by atoms with Crippen LogP contribution in [0, 0.1) is 6.92 Å². The van der Waals surface area contributed by atoms with Crippen LogP contribution < -0.4 is 5.10 Å². The largest absolute Gasteiger partial charge is 0.350 e. The summed E-state index contributed by atoms with van der Waals surface area (Å²) in [4.78, 5) is 4.28. The first kappa shape index (κ1) is 10.2. The van der Waals surface area contributed by atoms with Crippen LogP contribution in [0.1, 0.15) is 5.56 Å². The molecule has 3 aromatic rings. The number of hydrogen-bond acceptors (Lipinski definition) is 3. The van der Waals surface area contributed by atoms with Crippen molar-refractivity contribution in [1.29, 1.82) is 0 Å². The molecule has 77 valence electrons. The van der Waals surface area contributed by atoms with E-state index in [1.165, 1.54) is 0 Å². The average molecular weight is 375 g/mol. The van der Waals surface area contributed by atoms with Crippen molar-refractivity contribution in [3.05, 3.63) is 30.0 Å². The van der Waals surface area contributed by atoms with Gasteiger partial charge in [-0.25, -0.2) is 0 Å². The second kappa shape index (κ2) is 3.68. The van der Waals surface area contributed by atoms with E-state index in [1.54, 1.807) is 6.20 Å². The Morgan fingerprint density at radius 2 is 2.13 bits per heavy atom. The summed E-state index contributed by atoms with van der Waals surface area (Å²) in [6.07, 6.45) is 1.76. The molecule has 0 saturated carbocycles. The summed E-state index contributed by atoms with van der Waals surface area (Å²) < 4.78 is 0. The van der Waals surface area contributed by atoms with Gasteiger partial charge >= 0.3 is 0 Å². The van der Waals surface area contributed by atoms with Crippen molar-refractivity contribution in [2.45, 2.75) is 6.92 Å². The molecule has 0 saturated heterocycles. The molecule has 0 atom stereocenters. The Morgan fingerprint density at radius 1 is 1.27 bits per heavy atom. The van der Waals surface area contributed by atoms with Crippen LogP contribution in [-0.4, -0.2) is 15.3 Å². The maximum atomic E-state index is 4.28. The molecule has 0 aliphatic heterocycles. The smallest absolute Gasteiger partial charge is 0.0749 e. The van der Waals surface area contributed by atoms with Crippen molar-refractivity contribution < 1.29 is 20.1 Å². The van der Waals surface area contributed by atoms with E-state index >= 15 is 0 Å². The van der Waals surface area contributed by atoms with Crippen molar-refractivity contribution in [2.24, 2.45) is 0 Å². The number of rotatable bonds is 0. The van der Waals surface area contributed by atoms with Crippen LogP contribution in [0.5, 0.6) is 0 Å². The summed E-state index contributed by atoms with van der Waals surface area (Å²) in [5.74, 6) is 0. The predicted octanol–water partition coefficient (Wildman–Crippen LogP) is 1.44. The second-order valence-corrected chi connectivity index (χ2v) is 3.26. The molecule has 1 aromatic carbocycles. The third kappa shape index (κ3) is 1.44. The van der Waals surface area contributed by atoms with E-state index in [-0.39, 0.29) is 20.1 Å². The minimum absolute atomic E-state index is 0. The summed E-state index contributed by atoms with van der Waals surface area (Å²) in [6, 6.07) is 5.99. The fourth-order valence-electron chi connectivity index (χ4n) is 1.67. The Hall–Kier alpha value is -1.32. The maximum absolute atomic E-state index is 4.28. The fourth-order valence-corrected chi connectivity index (χ4v) is 1.67. The first-order valence-corrected chi connectivity index (χ1v) is 4.36. The topological polar surface area (TPSA) is 52.8 Å². The van der Waals surface area contributed by atoms with Crippen LogP contribution >= 0.6 is 0 Å². The van der Waals surface area contributed by atoms with E-state index in [2.05, 4.69) is 26.5 Å². The van der Waals surface area contributed by atoms with E-state index < -0.39 is 0 Å². The second-order valence-electron chi connectivity index (χ2n) is 3.26. The van der Waals surface area contributed by atoms with Gasteiger partial charge in [-0.05, 0) is 30.1 Å². The zero-order chi connectivity index (χ0) is 9.54. The maximum Gasteiger partial charge on any atom is 0.0749 e. The standard InChI is InChI=1S/C10H7N4.Ir/c1-6-5-7-3-2-4-11-9(7)10-8(6)12-14-13-10;/h2-5H,1H3;/q-1;. The van der Waals surface area contributed by atoms with E-state index in [0.29, 0.717) is 0 Å². The van der Waals surface area contributed by atoms with Gasteiger partial charge in [0.1, 0.15) is 0 Å². The summed E-state index contributed by atoms with van der Waals surface area (Å²) in [6.45, 7) is 2.01. The van der Waals surface area contributed by atoms with Gasteiger partial charge in [0.15, 0.2) is 0 Å².